The molecule has 0 saturated heterocycles. The maximum atomic E-state index is 12.9. The van der Waals surface area contributed by atoms with Gasteiger partial charge in [-0.1, -0.05) is 96.8 Å². The van der Waals surface area contributed by atoms with Crippen molar-refractivity contribution in [2.24, 2.45) is 0 Å². The first-order chi connectivity index (χ1) is 18.0. The molecule has 0 aliphatic rings. The summed E-state index contributed by atoms with van der Waals surface area (Å²) in [7, 11) is 3.22. The molecular formula is C29H52N3O6P. The number of benzene rings is 1. The summed E-state index contributed by atoms with van der Waals surface area (Å²) in [6.45, 7) is 2.42. The van der Waals surface area contributed by atoms with Gasteiger partial charge < -0.3 is 25.3 Å². The van der Waals surface area contributed by atoms with Gasteiger partial charge >= 0.3 is 0 Å². The molecule has 9 nitrogen and oxygen atoms in total. The molecule has 0 radical (unpaired) electrons. The first-order valence-corrected chi connectivity index (χ1v) is 15.7. The number of nitrogens with zero attached hydrogens (tertiary/aromatic N) is 2. The van der Waals surface area contributed by atoms with Crippen LogP contribution in [0.25, 0.3) is 0 Å². The van der Waals surface area contributed by atoms with Crippen molar-refractivity contribution in [3.63, 3.8) is 0 Å². The van der Waals surface area contributed by atoms with Gasteiger partial charge in [-0.3, -0.25) is 14.9 Å². The van der Waals surface area contributed by atoms with E-state index in [0.29, 0.717) is 10.9 Å². The minimum absolute atomic E-state index is 0. The Morgan fingerprint density at radius 1 is 0.897 bits per heavy atom. The molecule has 39 heavy (non-hydrogen) atoms. The number of hydrogen-bond acceptors (Lipinski definition) is 5. The normalized spacial score (nSPS) is 12.1. The second kappa shape index (κ2) is 20.9. The fraction of sp³-hybridized carbons (Fsp3) is 0.724. The second-order valence-corrected chi connectivity index (χ2v) is 13.0. The Balaban J connectivity index is 0.0000144. The number of rotatable bonds is 21. The minimum Gasteiger partial charge on any atom is -0.870 e. The second-order valence-electron chi connectivity index (χ2n) is 11.4. The molecule has 10 heteroatoms. The van der Waals surface area contributed by atoms with Gasteiger partial charge in [0.2, 0.25) is 5.91 Å². The van der Waals surface area contributed by atoms with E-state index in [1.165, 1.54) is 95.2 Å². The van der Waals surface area contributed by atoms with Crippen LogP contribution in [-0.4, -0.2) is 59.1 Å². The Hall–Kier alpha value is -1.90. The molecular weight excluding hydrogens is 517 g/mol. The zero-order valence-corrected chi connectivity index (χ0v) is 25.5. The summed E-state index contributed by atoms with van der Waals surface area (Å²) in [5.74, 6) is -0.268. The molecule has 0 bridgehead atoms. The van der Waals surface area contributed by atoms with Crippen LogP contribution in [0.1, 0.15) is 110 Å². The number of quaternary nitrogens is 1. The van der Waals surface area contributed by atoms with Crippen molar-refractivity contribution in [2.75, 3.05) is 33.0 Å². The number of carbonyl (C=O) groups excluding carboxylic acids is 1. The van der Waals surface area contributed by atoms with E-state index in [2.05, 4.69) is 12.2 Å². The summed E-state index contributed by atoms with van der Waals surface area (Å²) in [5, 5.41) is 24.5. The number of likely N-dealkylation sites (N-methyl/N-ethyl adjacent to an activating group) is 1. The van der Waals surface area contributed by atoms with Gasteiger partial charge in [0.25, 0.3) is 11.2 Å². The number of nitrogens with one attached hydrogen (secondary N) is 1. The fourth-order valence-corrected chi connectivity index (χ4v) is 5.79. The standard InChI is InChI=1S/C29H50N3O5P.H2O/c1-5-6-7-8-9-10-11-12-13-14-15-16-17-18-19-20-28(33)30-26-23-25(31(35)36)21-22-27(26)38(37)29(34)24-32(2,3)4;/h21-23H,5-20,24H2,1-4H3,(H-,30,33,34);1H2. The Labute approximate surface area is 236 Å². The maximum Gasteiger partial charge on any atom is 0.279 e. The molecule has 1 aromatic rings. The summed E-state index contributed by atoms with van der Waals surface area (Å²) in [5.41, 5.74) is -0.288. The SMILES string of the molecule is CCCCCCCCCCCCCCCCCC(=O)Nc1cc([N+](=O)[O-])ccc1/[P+]([O-])=C(\O)C[N+](C)(C)C.[OH-]. The lowest BCUT2D eigenvalue weighted by molar-refractivity contribution is -0.861. The van der Waals surface area contributed by atoms with E-state index in [1.54, 1.807) is 0 Å². The number of nitro groups is 1. The predicted molar refractivity (Wildman–Crippen MR) is 160 cm³/mol. The fourth-order valence-electron chi connectivity index (χ4n) is 4.41. The Bertz CT molecular complexity index is 886. The van der Waals surface area contributed by atoms with Crippen molar-refractivity contribution in [3.8, 4) is 0 Å². The maximum absolute atomic E-state index is 12.9. The number of aliphatic hydroxyl groups is 1. The number of carbonyl (C=O) groups is 1. The van der Waals surface area contributed by atoms with Crippen molar-refractivity contribution in [1.82, 2.24) is 0 Å². The van der Waals surface area contributed by atoms with Gasteiger partial charge in [-0.2, -0.15) is 0 Å². The van der Waals surface area contributed by atoms with E-state index >= 15 is 0 Å². The van der Waals surface area contributed by atoms with Gasteiger partial charge in [-0.15, -0.1) is 0 Å². The topological polar surface area (TPSA) is 146 Å². The summed E-state index contributed by atoms with van der Waals surface area (Å²) >= 11 is 0. The van der Waals surface area contributed by atoms with Crippen molar-refractivity contribution in [3.05, 3.63) is 28.3 Å². The van der Waals surface area contributed by atoms with Crippen molar-refractivity contribution < 1.29 is 29.7 Å². The lowest BCUT2D eigenvalue weighted by Crippen LogP contribution is -2.40. The van der Waals surface area contributed by atoms with E-state index in [0.717, 1.165) is 19.3 Å². The Morgan fingerprint density at radius 2 is 1.36 bits per heavy atom. The largest absolute Gasteiger partial charge is 0.870 e. The van der Waals surface area contributed by atoms with Crippen molar-refractivity contribution in [1.29, 1.82) is 0 Å². The van der Waals surface area contributed by atoms with Gasteiger partial charge in [-0.25, -0.2) is 0 Å². The number of hydrogen-bond donors (Lipinski definition) is 2. The van der Waals surface area contributed by atoms with Gasteiger partial charge in [0.05, 0.1) is 31.8 Å². The van der Waals surface area contributed by atoms with Gasteiger partial charge in [0.15, 0.2) is 11.8 Å². The molecule has 0 heterocycles. The van der Waals surface area contributed by atoms with Crippen molar-refractivity contribution in [2.45, 2.75) is 110 Å². The molecule has 1 rings (SSSR count). The summed E-state index contributed by atoms with van der Waals surface area (Å²) in [6, 6.07) is 3.81. The molecule has 224 valence electrons. The highest BCUT2D eigenvalue weighted by Gasteiger charge is 2.24. The van der Waals surface area contributed by atoms with Crippen LogP contribution in [-0.2, 0) is 4.79 Å². The van der Waals surface area contributed by atoms with E-state index < -0.39 is 12.7 Å². The van der Waals surface area contributed by atoms with Crippen LogP contribution in [0.3, 0.4) is 0 Å². The van der Waals surface area contributed by atoms with E-state index in [-0.39, 0.29) is 40.1 Å². The van der Waals surface area contributed by atoms with Crippen LogP contribution in [0, 0.1) is 10.1 Å². The van der Waals surface area contributed by atoms with E-state index in [1.807, 2.05) is 21.1 Å². The number of nitro benzene ring substituents is 1. The third-order valence-corrected chi connectivity index (χ3v) is 7.98. The highest BCUT2D eigenvalue weighted by atomic mass is 31.1. The van der Waals surface area contributed by atoms with E-state index in [9.17, 15) is 24.9 Å². The lowest BCUT2D eigenvalue weighted by atomic mass is 10.0. The average molecular weight is 570 g/mol. The zero-order valence-electron chi connectivity index (χ0n) is 24.6. The van der Waals surface area contributed by atoms with Crippen LogP contribution in [0.2, 0.25) is 0 Å². The van der Waals surface area contributed by atoms with Crippen LogP contribution in [0.5, 0.6) is 0 Å². The first kappa shape index (κ1) is 37.1. The number of unbranched alkanes of at least 4 members (excludes halogenated alkanes) is 14. The number of anilines is 1. The molecule has 0 spiro atoms. The number of non-ortho nitro benzene ring substituents is 1. The summed E-state index contributed by atoms with van der Waals surface area (Å²) < 4.78 is 0.376. The highest BCUT2D eigenvalue weighted by Crippen LogP contribution is 2.25. The first-order valence-electron chi connectivity index (χ1n) is 14.5. The molecule has 1 aromatic carbocycles. The summed E-state index contributed by atoms with van der Waals surface area (Å²) in [4.78, 5) is 36.2. The molecule has 0 aliphatic carbocycles. The number of amides is 1. The quantitative estimate of drug-likeness (QED) is 0.0592. The lowest BCUT2D eigenvalue weighted by Gasteiger charge is -2.22. The van der Waals surface area contributed by atoms with Gasteiger partial charge in [-0.05, 0) is 12.5 Å². The molecule has 1 unspecified atom stereocenters. The molecule has 3 N–H and O–H groups in total. The van der Waals surface area contributed by atoms with Crippen LogP contribution >= 0.6 is 7.77 Å². The summed E-state index contributed by atoms with van der Waals surface area (Å²) in [6.07, 6.45) is 19.0. The molecule has 1 atom stereocenters. The highest BCUT2D eigenvalue weighted by molar-refractivity contribution is 7.59. The van der Waals surface area contributed by atoms with Crippen LogP contribution in [0.15, 0.2) is 18.2 Å². The Kier molecular flexibility index (Phi) is 19.9. The monoisotopic (exact) mass is 569 g/mol. The van der Waals surface area contributed by atoms with E-state index in [4.69, 9.17) is 0 Å². The minimum atomic E-state index is -2.35. The van der Waals surface area contributed by atoms with Crippen LogP contribution in [0.4, 0.5) is 11.4 Å². The average Bonchev–Trinajstić information content (AvgIpc) is 2.84. The molecule has 0 aromatic heterocycles. The third-order valence-electron chi connectivity index (χ3n) is 6.54. The van der Waals surface area contributed by atoms with Crippen molar-refractivity contribution >= 4 is 35.8 Å². The molecule has 0 fully saturated rings. The third kappa shape index (κ3) is 17.4. The number of aliphatic hydroxyl groups excluding tert-OH is 1. The molecule has 1 amide bonds. The predicted octanol–water partition coefficient (Wildman–Crippen LogP) is 6.21. The molecule has 0 aliphatic heterocycles. The van der Waals surface area contributed by atoms with Gasteiger partial charge in [0.1, 0.15) is 7.77 Å². The zero-order chi connectivity index (χ0) is 28.4. The van der Waals surface area contributed by atoms with Crippen LogP contribution < -0.4 is 15.5 Å². The molecule has 0 saturated carbocycles. The Morgan fingerprint density at radius 3 is 1.79 bits per heavy atom. The van der Waals surface area contributed by atoms with Gasteiger partial charge in [0, 0.05) is 18.6 Å². The smallest absolute Gasteiger partial charge is 0.279 e.